The standard InChI is InChI=1S/C17H23FN6/c1-23(2)16-6-5-15(12-19-16)22-14-4-3-8-24(9-7-14)17-20-10-13(18)11-21-17/h5-6,10-12,14,22H,3-4,7-9H2,1-2H3/t14-/m1/s1. The molecule has 0 spiro atoms. The molecule has 3 rings (SSSR count). The van der Waals surface area contributed by atoms with Crippen LogP contribution in [-0.2, 0) is 0 Å². The average molecular weight is 330 g/mol. The highest BCUT2D eigenvalue weighted by Gasteiger charge is 2.18. The van der Waals surface area contributed by atoms with Crippen molar-refractivity contribution in [2.24, 2.45) is 0 Å². The van der Waals surface area contributed by atoms with E-state index in [-0.39, 0.29) is 0 Å². The highest BCUT2D eigenvalue weighted by Crippen LogP contribution is 2.20. The van der Waals surface area contributed by atoms with E-state index in [2.05, 4.69) is 31.2 Å². The number of rotatable bonds is 4. The summed E-state index contributed by atoms with van der Waals surface area (Å²) in [6.07, 6.45) is 7.42. The first-order valence-corrected chi connectivity index (χ1v) is 8.24. The Labute approximate surface area is 141 Å². The van der Waals surface area contributed by atoms with Crippen LogP contribution in [0.15, 0.2) is 30.7 Å². The van der Waals surface area contributed by atoms with Crippen molar-refractivity contribution < 1.29 is 4.39 Å². The fourth-order valence-corrected chi connectivity index (χ4v) is 2.88. The molecule has 1 fully saturated rings. The average Bonchev–Trinajstić information content (AvgIpc) is 2.82. The Balaban J connectivity index is 1.58. The van der Waals surface area contributed by atoms with E-state index in [0.717, 1.165) is 43.9 Å². The molecule has 128 valence electrons. The molecule has 0 aliphatic carbocycles. The van der Waals surface area contributed by atoms with E-state index in [1.54, 1.807) is 0 Å². The van der Waals surface area contributed by atoms with Crippen molar-refractivity contribution in [3.63, 3.8) is 0 Å². The first-order valence-electron chi connectivity index (χ1n) is 8.24. The summed E-state index contributed by atoms with van der Waals surface area (Å²) in [4.78, 5) is 16.7. The van der Waals surface area contributed by atoms with Crippen LogP contribution in [0.1, 0.15) is 19.3 Å². The third-order valence-electron chi connectivity index (χ3n) is 4.19. The van der Waals surface area contributed by atoms with Gasteiger partial charge < -0.3 is 15.1 Å². The van der Waals surface area contributed by atoms with Gasteiger partial charge in [0.15, 0.2) is 5.82 Å². The Morgan fingerprint density at radius 3 is 2.54 bits per heavy atom. The molecule has 1 N–H and O–H groups in total. The van der Waals surface area contributed by atoms with Gasteiger partial charge in [0.05, 0.1) is 24.3 Å². The number of pyridine rings is 1. The minimum absolute atomic E-state index is 0.391. The van der Waals surface area contributed by atoms with E-state index < -0.39 is 5.82 Å². The molecule has 0 aromatic carbocycles. The summed E-state index contributed by atoms with van der Waals surface area (Å²) in [7, 11) is 3.96. The van der Waals surface area contributed by atoms with Gasteiger partial charge in [-0.05, 0) is 31.4 Å². The Kier molecular flexibility index (Phi) is 5.08. The zero-order chi connectivity index (χ0) is 16.9. The van der Waals surface area contributed by atoms with Gasteiger partial charge in [0, 0.05) is 33.2 Å². The molecule has 0 amide bonds. The lowest BCUT2D eigenvalue weighted by Gasteiger charge is -2.21. The fourth-order valence-electron chi connectivity index (χ4n) is 2.88. The van der Waals surface area contributed by atoms with Gasteiger partial charge in [-0.2, -0.15) is 0 Å². The molecule has 1 aliphatic rings. The van der Waals surface area contributed by atoms with Crippen molar-refractivity contribution in [1.82, 2.24) is 15.0 Å². The lowest BCUT2D eigenvalue weighted by Crippen LogP contribution is -2.27. The lowest BCUT2D eigenvalue weighted by molar-refractivity contribution is 0.610. The maximum absolute atomic E-state index is 13.0. The van der Waals surface area contributed by atoms with E-state index in [1.807, 2.05) is 31.3 Å². The molecule has 24 heavy (non-hydrogen) atoms. The van der Waals surface area contributed by atoms with Crippen LogP contribution in [0.5, 0.6) is 0 Å². The normalized spacial score (nSPS) is 18.1. The summed E-state index contributed by atoms with van der Waals surface area (Å²) in [6.45, 7) is 1.74. The number of nitrogens with one attached hydrogen (secondary N) is 1. The molecule has 1 aliphatic heterocycles. The Bertz CT molecular complexity index is 643. The topological polar surface area (TPSA) is 57.2 Å². The largest absolute Gasteiger partial charge is 0.381 e. The molecule has 2 aromatic heterocycles. The summed E-state index contributed by atoms with van der Waals surface area (Å²) in [5, 5.41) is 3.56. The number of halogens is 1. The van der Waals surface area contributed by atoms with Gasteiger partial charge in [0.2, 0.25) is 5.95 Å². The molecule has 3 heterocycles. The third kappa shape index (κ3) is 4.10. The molecule has 0 radical (unpaired) electrons. The van der Waals surface area contributed by atoms with Crippen molar-refractivity contribution in [3.05, 3.63) is 36.5 Å². The van der Waals surface area contributed by atoms with Gasteiger partial charge in [0.25, 0.3) is 0 Å². The molecule has 0 unspecified atom stereocenters. The van der Waals surface area contributed by atoms with Crippen LogP contribution in [0.25, 0.3) is 0 Å². The molecule has 1 saturated heterocycles. The Hall–Kier alpha value is -2.44. The number of aromatic nitrogens is 3. The second-order valence-corrected chi connectivity index (χ2v) is 6.26. The molecule has 0 bridgehead atoms. The van der Waals surface area contributed by atoms with Crippen LogP contribution in [0, 0.1) is 5.82 Å². The van der Waals surface area contributed by atoms with E-state index in [4.69, 9.17) is 0 Å². The van der Waals surface area contributed by atoms with Crippen LogP contribution in [0.2, 0.25) is 0 Å². The predicted molar refractivity (Wildman–Crippen MR) is 94.0 cm³/mol. The minimum Gasteiger partial charge on any atom is -0.381 e. The van der Waals surface area contributed by atoms with Crippen molar-refractivity contribution >= 4 is 17.5 Å². The van der Waals surface area contributed by atoms with Gasteiger partial charge in [0.1, 0.15) is 5.82 Å². The van der Waals surface area contributed by atoms with E-state index in [1.165, 1.54) is 12.4 Å². The highest BCUT2D eigenvalue weighted by atomic mass is 19.1. The quantitative estimate of drug-likeness (QED) is 0.930. The summed E-state index contributed by atoms with van der Waals surface area (Å²) in [5.74, 6) is 1.15. The molecule has 2 aromatic rings. The summed E-state index contributed by atoms with van der Waals surface area (Å²) in [6, 6.07) is 4.47. The van der Waals surface area contributed by atoms with Crippen LogP contribution >= 0.6 is 0 Å². The predicted octanol–water partition coefficient (Wildman–Crippen LogP) is 2.55. The third-order valence-corrected chi connectivity index (χ3v) is 4.19. The monoisotopic (exact) mass is 330 g/mol. The first-order chi connectivity index (χ1) is 11.6. The molecule has 1 atom stereocenters. The van der Waals surface area contributed by atoms with E-state index >= 15 is 0 Å². The molecular weight excluding hydrogens is 307 g/mol. The second-order valence-electron chi connectivity index (χ2n) is 6.26. The van der Waals surface area contributed by atoms with Gasteiger partial charge in [-0.15, -0.1) is 0 Å². The van der Waals surface area contributed by atoms with Gasteiger partial charge in [-0.25, -0.2) is 19.3 Å². The fraction of sp³-hybridized carbons (Fsp3) is 0.471. The van der Waals surface area contributed by atoms with Crippen molar-refractivity contribution in [3.8, 4) is 0 Å². The number of anilines is 3. The molecule has 7 heteroatoms. The molecule has 0 saturated carbocycles. The van der Waals surface area contributed by atoms with Crippen molar-refractivity contribution in [1.29, 1.82) is 0 Å². The van der Waals surface area contributed by atoms with Gasteiger partial charge in [-0.3, -0.25) is 0 Å². The van der Waals surface area contributed by atoms with Crippen LogP contribution in [0.3, 0.4) is 0 Å². The SMILES string of the molecule is CN(C)c1ccc(N[C@@H]2CCCN(c3ncc(F)cn3)CC2)cn1. The number of nitrogens with zero attached hydrogens (tertiary/aromatic N) is 5. The maximum atomic E-state index is 13.0. The zero-order valence-electron chi connectivity index (χ0n) is 14.1. The maximum Gasteiger partial charge on any atom is 0.225 e. The van der Waals surface area contributed by atoms with Gasteiger partial charge in [-0.1, -0.05) is 0 Å². The summed E-state index contributed by atoms with van der Waals surface area (Å²) < 4.78 is 13.0. The van der Waals surface area contributed by atoms with E-state index in [0.29, 0.717) is 12.0 Å². The first kappa shape index (κ1) is 16.4. The molecular formula is C17H23FN6. The lowest BCUT2D eigenvalue weighted by atomic mass is 10.1. The van der Waals surface area contributed by atoms with E-state index in [9.17, 15) is 4.39 Å². The van der Waals surface area contributed by atoms with Crippen molar-refractivity contribution in [2.45, 2.75) is 25.3 Å². The second kappa shape index (κ2) is 7.42. The number of hydrogen-bond acceptors (Lipinski definition) is 6. The molecule has 6 nitrogen and oxygen atoms in total. The Morgan fingerprint density at radius 1 is 1.08 bits per heavy atom. The van der Waals surface area contributed by atoms with Crippen LogP contribution < -0.4 is 15.1 Å². The zero-order valence-corrected chi connectivity index (χ0v) is 14.1. The Morgan fingerprint density at radius 2 is 1.88 bits per heavy atom. The van der Waals surface area contributed by atoms with Crippen LogP contribution in [0.4, 0.5) is 21.8 Å². The minimum atomic E-state index is -0.401. The summed E-state index contributed by atoms with van der Waals surface area (Å²) in [5.41, 5.74) is 1.04. The highest BCUT2D eigenvalue weighted by molar-refractivity contribution is 5.48. The smallest absolute Gasteiger partial charge is 0.225 e. The number of hydrogen-bond donors (Lipinski definition) is 1. The summed E-state index contributed by atoms with van der Waals surface area (Å²) >= 11 is 0. The van der Waals surface area contributed by atoms with Crippen molar-refractivity contribution in [2.75, 3.05) is 42.3 Å². The van der Waals surface area contributed by atoms with Gasteiger partial charge >= 0.3 is 0 Å². The van der Waals surface area contributed by atoms with Crippen LogP contribution in [-0.4, -0.2) is 48.2 Å².